The Morgan fingerprint density at radius 1 is 1.19 bits per heavy atom. The summed E-state index contributed by atoms with van der Waals surface area (Å²) >= 11 is 3.62. The van der Waals surface area contributed by atoms with E-state index in [1.54, 1.807) is 12.1 Å². The fourth-order valence-corrected chi connectivity index (χ4v) is 3.68. The van der Waals surface area contributed by atoms with E-state index in [9.17, 15) is 13.2 Å². The van der Waals surface area contributed by atoms with Gasteiger partial charge in [0.05, 0.1) is 4.90 Å². The standard InChI is InChI=1S/C15H20BrNO3S/c1-21(19,20)14-8-4-12(5-9-14)15(18)17-10-11-2-6-13(16)7-3-11/h4-5,8-9,11,13H,2-3,6-7,10H2,1H3,(H,17,18). The summed E-state index contributed by atoms with van der Waals surface area (Å²) in [5.41, 5.74) is 0.497. The number of halogens is 1. The second-order valence-electron chi connectivity index (χ2n) is 5.62. The first-order valence-corrected chi connectivity index (χ1v) is 9.89. The molecule has 2 rings (SSSR count). The van der Waals surface area contributed by atoms with Crippen LogP contribution in [-0.2, 0) is 9.84 Å². The van der Waals surface area contributed by atoms with Crippen LogP contribution in [0.4, 0.5) is 0 Å². The maximum Gasteiger partial charge on any atom is 0.251 e. The van der Waals surface area contributed by atoms with Gasteiger partial charge in [-0.25, -0.2) is 8.42 Å². The van der Waals surface area contributed by atoms with Gasteiger partial charge in [0.2, 0.25) is 0 Å². The second kappa shape index (κ2) is 6.92. The third-order valence-electron chi connectivity index (χ3n) is 3.87. The van der Waals surface area contributed by atoms with Crippen molar-refractivity contribution in [3.8, 4) is 0 Å². The van der Waals surface area contributed by atoms with Crippen LogP contribution >= 0.6 is 15.9 Å². The molecule has 1 aliphatic rings. The van der Waals surface area contributed by atoms with Crippen LogP contribution in [0.1, 0.15) is 36.0 Å². The number of carbonyl (C=O) groups is 1. The van der Waals surface area contributed by atoms with Crippen LogP contribution in [0.15, 0.2) is 29.2 Å². The van der Waals surface area contributed by atoms with E-state index < -0.39 is 9.84 Å². The van der Waals surface area contributed by atoms with Gasteiger partial charge in [0.1, 0.15) is 0 Å². The van der Waals surface area contributed by atoms with Crippen LogP contribution in [0.3, 0.4) is 0 Å². The average molecular weight is 374 g/mol. The normalized spacial score (nSPS) is 22.8. The van der Waals surface area contributed by atoms with E-state index in [1.807, 2.05) is 0 Å². The summed E-state index contributed by atoms with van der Waals surface area (Å²) in [4.78, 5) is 12.9. The third kappa shape index (κ3) is 4.81. The number of amides is 1. The number of alkyl halides is 1. The van der Waals surface area contributed by atoms with Gasteiger partial charge in [0.15, 0.2) is 9.84 Å². The summed E-state index contributed by atoms with van der Waals surface area (Å²) in [6, 6.07) is 6.06. The Kier molecular flexibility index (Phi) is 5.43. The van der Waals surface area contributed by atoms with E-state index in [4.69, 9.17) is 0 Å². The minimum atomic E-state index is -3.22. The summed E-state index contributed by atoms with van der Waals surface area (Å²) in [5, 5.41) is 2.94. The molecule has 1 aliphatic carbocycles. The molecule has 21 heavy (non-hydrogen) atoms. The zero-order valence-corrected chi connectivity index (χ0v) is 14.4. The molecule has 0 bridgehead atoms. The van der Waals surface area contributed by atoms with Crippen LogP contribution < -0.4 is 5.32 Å². The van der Waals surface area contributed by atoms with Gasteiger partial charge >= 0.3 is 0 Å². The highest BCUT2D eigenvalue weighted by atomic mass is 79.9. The van der Waals surface area contributed by atoms with Gasteiger partial charge in [0, 0.05) is 23.2 Å². The topological polar surface area (TPSA) is 63.2 Å². The minimum Gasteiger partial charge on any atom is -0.352 e. The van der Waals surface area contributed by atoms with Gasteiger partial charge in [0.25, 0.3) is 5.91 Å². The molecule has 0 heterocycles. The lowest BCUT2D eigenvalue weighted by atomic mass is 9.89. The van der Waals surface area contributed by atoms with Crippen LogP contribution in [-0.4, -0.2) is 32.0 Å². The molecule has 4 nitrogen and oxygen atoms in total. The van der Waals surface area contributed by atoms with E-state index >= 15 is 0 Å². The van der Waals surface area contributed by atoms with Crippen LogP contribution in [0.5, 0.6) is 0 Å². The van der Waals surface area contributed by atoms with Crippen LogP contribution in [0.25, 0.3) is 0 Å². The number of nitrogens with one attached hydrogen (secondary N) is 1. The Hall–Kier alpha value is -0.880. The number of sulfone groups is 1. The van der Waals surface area contributed by atoms with E-state index in [0.29, 0.717) is 22.9 Å². The number of rotatable bonds is 4. The smallest absolute Gasteiger partial charge is 0.251 e. The Morgan fingerprint density at radius 3 is 2.29 bits per heavy atom. The number of hydrogen-bond donors (Lipinski definition) is 1. The maximum absolute atomic E-state index is 12.0. The maximum atomic E-state index is 12.0. The van der Waals surface area contributed by atoms with E-state index in [-0.39, 0.29) is 10.8 Å². The minimum absolute atomic E-state index is 0.143. The molecule has 0 aromatic heterocycles. The Bertz CT molecular complexity index is 590. The zero-order chi connectivity index (χ0) is 15.5. The summed E-state index contributed by atoms with van der Waals surface area (Å²) in [6.45, 7) is 0.687. The first-order valence-electron chi connectivity index (χ1n) is 7.08. The highest BCUT2D eigenvalue weighted by molar-refractivity contribution is 9.09. The van der Waals surface area contributed by atoms with Gasteiger partial charge in [-0.15, -0.1) is 0 Å². The van der Waals surface area contributed by atoms with Gasteiger partial charge < -0.3 is 5.32 Å². The van der Waals surface area contributed by atoms with E-state index in [1.165, 1.54) is 12.1 Å². The zero-order valence-electron chi connectivity index (χ0n) is 12.0. The molecule has 1 aromatic carbocycles. The molecule has 0 unspecified atom stereocenters. The quantitative estimate of drug-likeness (QED) is 0.825. The third-order valence-corrected chi connectivity index (χ3v) is 5.92. The lowest BCUT2D eigenvalue weighted by Gasteiger charge is -2.25. The molecule has 0 spiro atoms. The van der Waals surface area contributed by atoms with Crippen molar-refractivity contribution < 1.29 is 13.2 Å². The Labute approximate surface area is 134 Å². The second-order valence-corrected chi connectivity index (χ2v) is 8.94. The molecular weight excluding hydrogens is 354 g/mol. The Morgan fingerprint density at radius 2 is 1.76 bits per heavy atom. The first-order chi connectivity index (χ1) is 9.86. The van der Waals surface area contributed by atoms with Crippen molar-refractivity contribution in [1.82, 2.24) is 5.32 Å². The van der Waals surface area contributed by atoms with Crippen LogP contribution in [0.2, 0.25) is 0 Å². The molecule has 1 amide bonds. The summed E-state index contributed by atoms with van der Waals surface area (Å²) in [5.74, 6) is 0.397. The molecule has 1 fully saturated rings. The van der Waals surface area contributed by atoms with Crippen molar-refractivity contribution in [2.24, 2.45) is 5.92 Å². The van der Waals surface area contributed by atoms with Gasteiger partial charge in [-0.3, -0.25) is 4.79 Å². The lowest BCUT2D eigenvalue weighted by molar-refractivity contribution is 0.0943. The molecule has 1 aromatic rings. The van der Waals surface area contributed by atoms with Crippen molar-refractivity contribution in [1.29, 1.82) is 0 Å². The SMILES string of the molecule is CS(=O)(=O)c1ccc(C(=O)NCC2CCC(Br)CC2)cc1. The average Bonchev–Trinajstić information content (AvgIpc) is 2.45. The lowest BCUT2D eigenvalue weighted by Crippen LogP contribution is -2.31. The van der Waals surface area contributed by atoms with E-state index in [2.05, 4.69) is 21.2 Å². The van der Waals surface area contributed by atoms with Gasteiger partial charge in [-0.05, 0) is 55.9 Å². The van der Waals surface area contributed by atoms with Crippen molar-refractivity contribution in [2.45, 2.75) is 35.4 Å². The van der Waals surface area contributed by atoms with E-state index in [0.717, 1.165) is 31.9 Å². The van der Waals surface area contributed by atoms with Crippen LogP contribution in [0, 0.1) is 5.92 Å². The van der Waals surface area contributed by atoms with Crippen molar-refractivity contribution in [3.63, 3.8) is 0 Å². The fourth-order valence-electron chi connectivity index (χ4n) is 2.52. The monoisotopic (exact) mass is 373 g/mol. The molecule has 116 valence electrons. The number of carbonyl (C=O) groups excluding carboxylic acids is 1. The van der Waals surface area contributed by atoms with Crippen molar-refractivity contribution in [3.05, 3.63) is 29.8 Å². The number of hydrogen-bond acceptors (Lipinski definition) is 3. The molecule has 1 saturated carbocycles. The Balaban J connectivity index is 1.89. The summed E-state index contributed by atoms with van der Waals surface area (Å²) in [7, 11) is -3.22. The molecule has 0 atom stereocenters. The van der Waals surface area contributed by atoms with Gasteiger partial charge in [-0.1, -0.05) is 15.9 Å². The molecule has 1 N–H and O–H groups in total. The molecular formula is C15H20BrNO3S. The predicted molar refractivity (Wildman–Crippen MR) is 86.6 cm³/mol. The highest BCUT2D eigenvalue weighted by Crippen LogP contribution is 2.28. The molecule has 6 heteroatoms. The van der Waals surface area contributed by atoms with Crippen molar-refractivity contribution in [2.75, 3.05) is 12.8 Å². The largest absolute Gasteiger partial charge is 0.352 e. The fraction of sp³-hybridized carbons (Fsp3) is 0.533. The summed E-state index contributed by atoms with van der Waals surface area (Å²) < 4.78 is 22.7. The van der Waals surface area contributed by atoms with Crippen molar-refractivity contribution >= 4 is 31.7 Å². The summed E-state index contributed by atoms with van der Waals surface area (Å²) in [6.07, 6.45) is 5.72. The molecule has 0 radical (unpaired) electrons. The highest BCUT2D eigenvalue weighted by Gasteiger charge is 2.19. The molecule has 0 aliphatic heterocycles. The first kappa shape index (κ1) is 16.5. The molecule has 0 saturated heterocycles. The van der Waals surface area contributed by atoms with Gasteiger partial charge in [-0.2, -0.15) is 0 Å². The number of benzene rings is 1. The predicted octanol–water partition coefficient (Wildman–Crippen LogP) is 2.77.